The van der Waals surface area contributed by atoms with E-state index in [0.29, 0.717) is 11.7 Å². The molecule has 2 aromatic heterocycles. The van der Waals surface area contributed by atoms with Gasteiger partial charge in [-0.05, 0) is 36.8 Å². The predicted octanol–water partition coefficient (Wildman–Crippen LogP) is 4.39. The molecule has 128 valence electrons. The van der Waals surface area contributed by atoms with Crippen molar-refractivity contribution in [2.75, 3.05) is 14.1 Å². The highest BCUT2D eigenvalue weighted by Gasteiger charge is 2.14. The normalized spacial score (nSPS) is 12.0. The van der Waals surface area contributed by atoms with E-state index in [1.807, 2.05) is 79.8 Å². The van der Waals surface area contributed by atoms with Crippen LogP contribution in [0.1, 0.15) is 19.2 Å². The van der Waals surface area contributed by atoms with Crippen molar-refractivity contribution in [3.63, 3.8) is 0 Å². The van der Waals surface area contributed by atoms with E-state index in [1.54, 1.807) is 4.52 Å². The lowest BCUT2D eigenvalue weighted by Gasteiger charge is -2.16. The van der Waals surface area contributed by atoms with E-state index < -0.39 is 0 Å². The molecular formula is C20H22N4O. The van der Waals surface area contributed by atoms with Gasteiger partial charge in [0.25, 0.3) is 0 Å². The van der Waals surface area contributed by atoms with Crippen LogP contribution >= 0.6 is 0 Å². The van der Waals surface area contributed by atoms with Crippen LogP contribution in [-0.2, 0) is 0 Å². The molecule has 3 aromatic rings. The molecule has 0 bridgehead atoms. The third kappa shape index (κ3) is 3.88. The van der Waals surface area contributed by atoms with Gasteiger partial charge in [-0.2, -0.15) is 4.98 Å². The quantitative estimate of drug-likeness (QED) is 0.627. The van der Waals surface area contributed by atoms with Gasteiger partial charge in [0.05, 0.1) is 5.70 Å². The van der Waals surface area contributed by atoms with Crippen LogP contribution < -0.4 is 4.74 Å². The predicted molar refractivity (Wildman–Crippen MR) is 101 cm³/mol. The Labute approximate surface area is 147 Å². The highest BCUT2D eigenvalue weighted by Crippen LogP contribution is 2.26. The van der Waals surface area contributed by atoms with E-state index >= 15 is 0 Å². The van der Waals surface area contributed by atoms with Crippen molar-refractivity contribution in [2.24, 2.45) is 0 Å². The van der Waals surface area contributed by atoms with Gasteiger partial charge in [-0.25, -0.2) is 4.52 Å². The Morgan fingerprint density at radius 2 is 1.96 bits per heavy atom. The third-order valence-electron chi connectivity index (χ3n) is 3.65. The first-order chi connectivity index (χ1) is 12.2. The first kappa shape index (κ1) is 16.8. The lowest BCUT2D eigenvalue weighted by atomic mass is 10.3. The van der Waals surface area contributed by atoms with Crippen LogP contribution in [0.15, 0.2) is 66.9 Å². The van der Waals surface area contributed by atoms with E-state index in [9.17, 15) is 0 Å². The fraction of sp³-hybridized carbons (Fsp3) is 0.200. The third-order valence-corrected chi connectivity index (χ3v) is 3.65. The van der Waals surface area contributed by atoms with E-state index in [-0.39, 0.29) is 0 Å². The molecule has 0 amide bonds. The Kier molecular flexibility index (Phi) is 5.14. The summed E-state index contributed by atoms with van der Waals surface area (Å²) in [6.45, 7) is 2.11. The lowest BCUT2D eigenvalue weighted by Crippen LogP contribution is -2.14. The summed E-state index contributed by atoms with van der Waals surface area (Å²) in [6, 6.07) is 13.5. The minimum Gasteiger partial charge on any atom is -0.437 e. The van der Waals surface area contributed by atoms with Crippen LogP contribution in [0.4, 0.5) is 0 Å². The highest BCUT2D eigenvalue weighted by atomic mass is 16.5. The largest absolute Gasteiger partial charge is 0.437 e. The van der Waals surface area contributed by atoms with Gasteiger partial charge < -0.3 is 9.64 Å². The van der Waals surface area contributed by atoms with Gasteiger partial charge in [0.2, 0.25) is 5.88 Å². The molecule has 0 unspecified atom stereocenters. The minimum absolute atomic E-state index is 0.536. The van der Waals surface area contributed by atoms with E-state index in [1.165, 1.54) is 0 Å². The average Bonchev–Trinajstić information content (AvgIpc) is 3.08. The number of hydrogen-bond acceptors (Lipinski definition) is 4. The summed E-state index contributed by atoms with van der Waals surface area (Å²) in [4.78, 5) is 6.67. The molecule has 5 heteroatoms. The first-order valence-corrected chi connectivity index (χ1v) is 8.32. The number of fused-ring (bicyclic) bond motifs is 1. The van der Waals surface area contributed by atoms with Gasteiger partial charge in [-0.3, -0.25) is 0 Å². The molecular weight excluding hydrogens is 312 g/mol. The number of allylic oxidation sites excluding steroid dienone is 3. The Bertz CT molecular complexity index is 894. The standard InChI is InChI=1S/C20H22N4O/c1-4-5-7-13-17(23(2)3)19-21-20(18-14-10-15-24(18)22-19)25-16-11-8-6-9-12-16/h5-15H,4H2,1-3H3/b7-5-,17-13-. The first-order valence-electron chi connectivity index (χ1n) is 8.32. The zero-order chi connectivity index (χ0) is 17.6. The fourth-order valence-electron chi connectivity index (χ4n) is 2.41. The van der Waals surface area contributed by atoms with Crippen LogP contribution in [0.2, 0.25) is 0 Å². The van der Waals surface area contributed by atoms with Crippen molar-refractivity contribution < 1.29 is 4.74 Å². The SMILES string of the molecule is CC/C=C\C=C(\c1nc(Oc2ccccc2)c2cccn2n1)N(C)C. The molecule has 0 aliphatic heterocycles. The van der Waals surface area contributed by atoms with Crippen molar-refractivity contribution in [2.45, 2.75) is 13.3 Å². The van der Waals surface area contributed by atoms with Crippen LogP contribution in [0.25, 0.3) is 11.2 Å². The van der Waals surface area contributed by atoms with Crippen LogP contribution in [0.3, 0.4) is 0 Å². The van der Waals surface area contributed by atoms with Gasteiger partial charge in [0, 0.05) is 20.3 Å². The zero-order valence-electron chi connectivity index (χ0n) is 14.8. The van der Waals surface area contributed by atoms with Gasteiger partial charge in [0.15, 0.2) is 5.82 Å². The number of rotatable bonds is 6. The Morgan fingerprint density at radius 3 is 2.68 bits per heavy atom. The molecule has 0 aliphatic carbocycles. The molecule has 5 nitrogen and oxygen atoms in total. The Balaban J connectivity index is 2.07. The Hall–Kier alpha value is -3.08. The number of hydrogen-bond donors (Lipinski definition) is 0. The summed E-state index contributed by atoms with van der Waals surface area (Å²) in [5, 5.41) is 4.62. The summed E-state index contributed by atoms with van der Waals surface area (Å²) in [6.07, 6.45) is 9.01. The minimum atomic E-state index is 0.536. The molecule has 0 fully saturated rings. The molecule has 2 heterocycles. The van der Waals surface area contributed by atoms with Crippen molar-refractivity contribution in [1.29, 1.82) is 0 Å². The number of ether oxygens (including phenoxy) is 1. The maximum Gasteiger partial charge on any atom is 0.247 e. The number of benzene rings is 1. The van der Waals surface area contributed by atoms with Gasteiger partial charge in [0.1, 0.15) is 11.3 Å². The molecule has 3 rings (SSSR count). The van der Waals surface area contributed by atoms with Crippen molar-refractivity contribution in [1.82, 2.24) is 19.5 Å². The maximum atomic E-state index is 6.01. The van der Waals surface area contributed by atoms with Gasteiger partial charge in [-0.15, -0.1) is 5.10 Å². The zero-order valence-corrected chi connectivity index (χ0v) is 14.8. The number of para-hydroxylation sites is 1. The van der Waals surface area contributed by atoms with Crippen LogP contribution in [0, 0.1) is 0 Å². The maximum absolute atomic E-state index is 6.01. The molecule has 0 aliphatic rings. The van der Waals surface area contributed by atoms with Gasteiger partial charge in [-0.1, -0.05) is 37.3 Å². The van der Waals surface area contributed by atoms with E-state index in [4.69, 9.17) is 4.74 Å². The summed E-state index contributed by atoms with van der Waals surface area (Å²) < 4.78 is 7.80. The molecule has 1 aromatic carbocycles. The smallest absolute Gasteiger partial charge is 0.247 e. The molecule has 25 heavy (non-hydrogen) atoms. The van der Waals surface area contributed by atoms with Crippen molar-refractivity contribution in [3.8, 4) is 11.6 Å². The molecule has 0 saturated heterocycles. The monoisotopic (exact) mass is 334 g/mol. The number of nitrogens with zero attached hydrogens (tertiary/aromatic N) is 4. The van der Waals surface area contributed by atoms with Crippen LogP contribution in [0.5, 0.6) is 11.6 Å². The second kappa shape index (κ2) is 7.66. The molecule has 0 radical (unpaired) electrons. The summed E-state index contributed by atoms with van der Waals surface area (Å²) in [5.74, 6) is 1.89. The summed E-state index contributed by atoms with van der Waals surface area (Å²) >= 11 is 0. The summed E-state index contributed by atoms with van der Waals surface area (Å²) in [5.41, 5.74) is 1.74. The van der Waals surface area contributed by atoms with Gasteiger partial charge >= 0.3 is 0 Å². The van der Waals surface area contributed by atoms with E-state index in [2.05, 4.69) is 23.1 Å². The van der Waals surface area contributed by atoms with Crippen LogP contribution in [-0.4, -0.2) is 33.6 Å². The lowest BCUT2D eigenvalue weighted by molar-refractivity contribution is 0.460. The molecule has 0 saturated carbocycles. The summed E-state index contributed by atoms with van der Waals surface area (Å²) in [7, 11) is 3.96. The second-order valence-corrected chi connectivity index (χ2v) is 5.78. The topological polar surface area (TPSA) is 42.7 Å². The molecule has 0 spiro atoms. The molecule has 0 atom stereocenters. The molecule has 0 N–H and O–H groups in total. The average molecular weight is 334 g/mol. The van der Waals surface area contributed by atoms with Crippen molar-refractivity contribution in [3.05, 3.63) is 72.7 Å². The Morgan fingerprint density at radius 1 is 1.16 bits per heavy atom. The van der Waals surface area contributed by atoms with E-state index in [0.717, 1.165) is 23.4 Å². The fourth-order valence-corrected chi connectivity index (χ4v) is 2.41. The second-order valence-electron chi connectivity index (χ2n) is 5.78. The van der Waals surface area contributed by atoms with Crippen molar-refractivity contribution >= 4 is 11.2 Å². The highest BCUT2D eigenvalue weighted by molar-refractivity contribution is 5.64. The number of aromatic nitrogens is 3.